The van der Waals surface area contributed by atoms with Gasteiger partial charge in [-0.25, -0.2) is 0 Å². The molecule has 100 valence electrons. The molecule has 0 spiro atoms. The minimum Gasteiger partial charge on any atom is -0.315 e. The van der Waals surface area contributed by atoms with E-state index >= 15 is 0 Å². The standard InChI is InChI=1S/C16H26N2/c1-14(2)17-10-8-16-9-11-18(13-16)12-15-6-4-3-5-7-15/h3-7,14,16-17H,8-13H2,1-2H3/t16-/m1/s1. The molecule has 1 fully saturated rings. The zero-order valence-electron chi connectivity index (χ0n) is 11.7. The lowest BCUT2D eigenvalue weighted by Crippen LogP contribution is -2.26. The number of nitrogens with one attached hydrogen (secondary N) is 1. The molecule has 18 heavy (non-hydrogen) atoms. The molecule has 1 aromatic rings. The second kappa shape index (κ2) is 6.91. The van der Waals surface area contributed by atoms with Crippen molar-refractivity contribution >= 4 is 0 Å². The van der Waals surface area contributed by atoms with Crippen LogP contribution in [0.1, 0.15) is 32.3 Å². The second-order valence-corrected chi connectivity index (χ2v) is 5.77. The highest BCUT2D eigenvalue weighted by atomic mass is 15.1. The van der Waals surface area contributed by atoms with Gasteiger partial charge in [-0.3, -0.25) is 4.90 Å². The van der Waals surface area contributed by atoms with Gasteiger partial charge in [-0.2, -0.15) is 0 Å². The predicted molar refractivity (Wildman–Crippen MR) is 77.6 cm³/mol. The SMILES string of the molecule is CC(C)NCC[C@@H]1CCN(Cc2ccccc2)C1. The molecule has 0 saturated carbocycles. The monoisotopic (exact) mass is 246 g/mol. The Hall–Kier alpha value is -0.860. The average Bonchev–Trinajstić information content (AvgIpc) is 2.78. The number of hydrogen-bond acceptors (Lipinski definition) is 2. The van der Waals surface area contributed by atoms with Gasteiger partial charge >= 0.3 is 0 Å². The van der Waals surface area contributed by atoms with Crippen LogP contribution in [0.15, 0.2) is 30.3 Å². The van der Waals surface area contributed by atoms with E-state index in [9.17, 15) is 0 Å². The van der Waals surface area contributed by atoms with E-state index in [-0.39, 0.29) is 0 Å². The number of rotatable bonds is 6. The van der Waals surface area contributed by atoms with E-state index in [0.29, 0.717) is 6.04 Å². The largest absolute Gasteiger partial charge is 0.315 e. The van der Waals surface area contributed by atoms with Gasteiger partial charge in [-0.15, -0.1) is 0 Å². The lowest BCUT2D eigenvalue weighted by Gasteiger charge is -2.16. The van der Waals surface area contributed by atoms with Crippen LogP contribution < -0.4 is 5.32 Å². The molecule has 0 aromatic heterocycles. The fraction of sp³-hybridized carbons (Fsp3) is 0.625. The first-order valence-electron chi connectivity index (χ1n) is 7.23. The van der Waals surface area contributed by atoms with E-state index in [0.717, 1.165) is 12.5 Å². The highest BCUT2D eigenvalue weighted by Crippen LogP contribution is 2.20. The fourth-order valence-electron chi connectivity index (χ4n) is 2.71. The second-order valence-electron chi connectivity index (χ2n) is 5.77. The summed E-state index contributed by atoms with van der Waals surface area (Å²) in [4.78, 5) is 2.59. The highest BCUT2D eigenvalue weighted by molar-refractivity contribution is 5.14. The number of nitrogens with zero attached hydrogens (tertiary/aromatic N) is 1. The minimum atomic E-state index is 0.617. The topological polar surface area (TPSA) is 15.3 Å². The van der Waals surface area contributed by atoms with Gasteiger partial charge in [0.2, 0.25) is 0 Å². The molecule has 1 aliphatic heterocycles. The molecule has 1 saturated heterocycles. The number of benzene rings is 1. The quantitative estimate of drug-likeness (QED) is 0.830. The minimum absolute atomic E-state index is 0.617. The maximum absolute atomic E-state index is 3.52. The molecule has 2 heteroatoms. The van der Waals surface area contributed by atoms with E-state index in [1.807, 2.05) is 0 Å². The average molecular weight is 246 g/mol. The van der Waals surface area contributed by atoms with E-state index in [4.69, 9.17) is 0 Å². The summed E-state index contributed by atoms with van der Waals surface area (Å²) in [6.45, 7) is 9.26. The normalized spacial score (nSPS) is 20.7. The zero-order chi connectivity index (χ0) is 12.8. The summed E-state index contributed by atoms with van der Waals surface area (Å²) < 4.78 is 0. The van der Waals surface area contributed by atoms with Crippen molar-refractivity contribution in [3.05, 3.63) is 35.9 Å². The predicted octanol–water partition coefficient (Wildman–Crippen LogP) is 2.90. The molecule has 1 N–H and O–H groups in total. The van der Waals surface area contributed by atoms with Crippen LogP contribution in [0.3, 0.4) is 0 Å². The fourth-order valence-corrected chi connectivity index (χ4v) is 2.71. The van der Waals surface area contributed by atoms with Crippen molar-refractivity contribution < 1.29 is 0 Å². The summed E-state index contributed by atoms with van der Waals surface area (Å²) in [7, 11) is 0. The van der Waals surface area contributed by atoms with Gasteiger partial charge in [-0.05, 0) is 37.4 Å². The first-order chi connectivity index (χ1) is 8.74. The summed E-state index contributed by atoms with van der Waals surface area (Å²) in [5.74, 6) is 0.889. The number of likely N-dealkylation sites (tertiary alicyclic amines) is 1. The van der Waals surface area contributed by atoms with E-state index in [2.05, 4.69) is 54.4 Å². The molecular weight excluding hydrogens is 220 g/mol. The summed E-state index contributed by atoms with van der Waals surface area (Å²) in [5.41, 5.74) is 1.44. The van der Waals surface area contributed by atoms with Gasteiger partial charge in [0.1, 0.15) is 0 Å². The third-order valence-electron chi connectivity index (χ3n) is 3.72. The maximum Gasteiger partial charge on any atom is 0.0233 e. The highest BCUT2D eigenvalue weighted by Gasteiger charge is 2.21. The van der Waals surface area contributed by atoms with Crippen LogP contribution >= 0.6 is 0 Å². The molecule has 2 nitrogen and oxygen atoms in total. The van der Waals surface area contributed by atoms with Crippen LogP contribution in [0.5, 0.6) is 0 Å². The number of hydrogen-bond donors (Lipinski definition) is 1. The van der Waals surface area contributed by atoms with Crippen LogP contribution in [-0.2, 0) is 6.54 Å². The van der Waals surface area contributed by atoms with Crippen LogP contribution in [0.4, 0.5) is 0 Å². The molecule has 0 aliphatic carbocycles. The lowest BCUT2D eigenvalue weighted by molar-refractivity contribution is 0.312. The van der Waals surface area contributed by atoms with Crippen molar-refractivity contribution in [1.29, 1.82) is 0 Å². The van der Waals surface area contributed by atoms with Gasteiger partial charge < -0.3 is 5.32 Å². The van der Waals surface area contributed by atoms with Crippen molar-refractivity contribution in [2.24, 2.45) is 5.92 Å². The van der Waals surface area contributed by atoms with Crippen LogP contribution in [0.25, 0.3) is 0 Å². The molecule has 0 unspecified atom stereocenters. The van der Waals surface area contributed by atoms with Gasteiger partial charge in [0.25, 0.3) is 0 Å². The molecule has 1 aliphatic rings. The summed E-state index contributed by atoms with van der Waals surface area (Å²) in [5, 5.41) is 3.52. The Balaban J connectivity index is 1.69. The Morgan fingerprint density at radius 3 is 2.78 bits per heavy atom. The van der Waals surface area contributed by atoms with E-state index in [1.165, 1.54) is 38.0 Å². The van der Waals surface area contributed by atoms with Crippen molar-refractivity contribution in [1.82, 2.24) is 10.2 Å². The van der Waals surface area contributed by atoms with Crippen LogP contribution in [0, 0.1) is 5.92 Å². The first kappa shape index (κ1) is 13.6. The van der Waals surface area contributed by atoms with Gasteiger partial charge in [0, 0.05) is 19.1 Å². The Kier molecular flexibility index (Phi) is 5.21. The van der Waals surface area contributed by atoms with E-state index < -0.39 is 0 Å². The molecular formula is C16H26N2. The van der Waals surface area contributed by atoms with Crippen molar-refractivity contribution in [3.8, 4) is 0 Å². The van der Waals surface area contributed by atoms with Gasteiger partial charge in [0.15, 0.2) is 0 Å². The van der Waals surface area contributed by atoms with Crippen LogP contribution in [0.2, 0.25) is 0 Å². The summed E-state index contributed by atoms with van der Waals surface area (Å²) in [6.07, 6.45) is 2.69. The molecule has 1 heterocycles. The van der Waals surface area contributed by atoms with Gasteiger partial charge in [0.05, 0.1) is 0 Å². The molecule has 2 rings (SSSR count). The third-order valence-corrected chi connectivity index (χ3v) is 3.72. The smallest absolute Gasteiger partial charge is 0.0233 e. The van der Waals surface area contributed by atoms with Crippen molar-refractivity contribution in [2.45, 2.75) is 39.3 Å². The Morgan fingerprint density at radius 2 is 2.06 bits per heavy atom. The Morgan fingerprint density at radius 1 is 1.28 bits per heavy atom. The molecule has 1 aromatic carbocycles. The molecule has 0 bridgehead atoms. The molecule has 1 atom stereocenters. The van der Waals surface area contributed by atoms with Crippen molar-refractivity contribution in [2.75, 3.05) is 19.6 Å². The van der Waals surface area contributed by atoms with E-state index in [1.54, 1.807) is 0 Å². The van der Waals surface area contributed by atoms with Gasteiger partial charge in [-0.1, -0.05) is 44.2 Å². The Bertz CT molecular complexity index is 334. The van der Waals surface area contributed by atoms with Crippen molar-refractivity contribution in [3.63, 3.8) is 0 Å². The molecule has 0 radical (unpaired) electrons. The zero-order valence-corrected chi connectivity index (χ0v) is 11.7. The third kappa shape index (κ3) is 4.43. The Labute approximate surface area is 111 Å². The molecule has 0 amide bonds. The van der Waals surface area contributed by atoms with Crippen LogP contribution in [-0.4, -0.2) is 30.6 Å². The summed E-state index contributed by atoms with van der Waals surface area (Å²) >= 11 is 0. The lowest BCUT2D eigenvalue weighted by atomic mass is 10.1. The maximum atomic E-state index is 3.52. The first-order valence-corrected chi connectivity index (χ1v) is 7.23. The summed E-state index contributed by atoms with van der Waals surface area (Å²) in [6, 6.07) is 11.4.